The summed E-state index contributed by atoms with van der Waals surface area (Å²) in [5, 5.41) is 3.52. The van der Waals surface area contributed by atoms with Crippen LogP contribution in [0.25, 0.3) is 0 Å². The van der Waals surface area contributed by atoms with Gasteiger partial charge in [-0.3, -0.25) is 4.79 Å². The Morgan fingerprint density at radius 1 is 1.00 bits per heavy atom. The van der Waals surface area contributed by atoms with Crippen molar-refractivity contribution in [1.82, 2.24) is 0 Å². The summed E-state index contributed by atoms with van der Waals surface area (Å²) in [5.74, 6) is -0.379. The maximum absolute atomic E-state index is 12.3. The number of aryl methyl sites for hydroxylation is 2. The van der Waals surface area contributed by atoms with E-state index in [0.717, 1.165) is 16.8 Å². The minimum Gasteiger partial charge on any atom is -0.322 e. The van der Waals surface area contributed by atoms with Gasteiger partial charge in [0.25, 0.3) is 5.91 Å². The van der Waals surface area contributed by atoms with Gasteiger partial charge in [-0.05, 0) is 43.2 Å². The number of rotatable bonds is 2. The number of hydrogen-bond donors (Lipinski definition) is 1. The van der Waals surface area contributed by atoms with Gasteiger partial charge < -0.3 is 5.32 Å². The van der Waals surface area contributed by atoms with Crippen LogP contribution < -0.4 is 5.32 Å². The van der Waals surface area contributed by atoms with Gasteiger partial charge in [0.15, 0.2) is 0 Å². The molecule has 0 aliphatic rings. The SMILES string of the molecule is Cc1ccc(C)c(NC(=O)c2c(Cl)ccc(Cl)c2Cl)c1. The van der Waals surface area contributed by atoms with E-state index >= 15 is 0 Å². The number of amides is 1. The average Bonchev–Trinajstić information content (AvgIpc) is 2.39. The Morgan fingerprint density at radius 3 is 2.35 bits per heavy atom. The van der Waals surface area contributed by atoms with Gasteiger partial charge in [-0.1, -0.05) is 46.9 Å². The first kappa shape index (κ1) is 15.2. The number of benzene rings is 2. The van der Waals surface area contributed by atoms with Gasteiger partial charge in [0.2, 0.25) is 0 Å². The van der Waals surface area contributed by atoms with Crippen molar-refractivity contribution in [3.63, 3.8) is 0 Å². The van der Waals surface area contributed by atoms with Gasteiger partial charge in [-0.2, -0.15) is 0 Å². The Morgan fingerprint density at radius 2 is 1.65 bits per heavy atom. The summed E-state index contributed by atoms with van der Waals surface area (Å²) in [6, 6.07) is 8.91. The lowest BCUT2D eigenvalue weighted by atomic mass is 10.1. The Labute approximate surface area is 132 Å². The van der Waals surface area contributed by atoms with Crippen LogP contribution in [0, 0.1) is 13.8 Å². The third-order valence-corrected chi connectivity index (χ3v) is 4.03. The first-order chi connectivity index (χ1) is 9.40. The fraction of sp³-hybridized carbons (Fsp3) is 0.133. The van der Waals surface area contributed by atoms with Crippen LogP contribution in [-0.2, 0) is 0 Å². The van der Waals surface area contributed by atoms with Crippen molar-refractivity contribution in [1.29, 1.82) is 0 Å². The van der Waals surface area contributed by atoms with Gasteiger partial charge in [-0.25, -0.2) is 0 Å². The summed E-state index contributed by atoms with van der Waals surface area (Å²) in [4.78, 5) is 12.3. The Bertz CT molecular complexity index is 683. The molecule has 0 spiro atoms. The van der Waals surface area contributed by atoms with Crippen LogP contribution in [-0.4, -0.2) is 5.91 Å². The predicted octanol–water partition coefficient (Wildman–Crippen LogP) is 5.52. The molecule has 0 radical (unpaired) electrons. The summed E-state index contributed by atoms with van der Waals surface area (Å²) in [6.45, 7) is 3.87. The molecule has 0 heterocycles. The molecule has 2 rings (SSSR count). The first-order valence-corrected chi connectivity index (χ1v) is 7.05. The summed E-state index contributed by atoms with van der Waals surface area (Å²) in [6.07, 6.45) is 0. The third-order valence-electron chi connectivity index (χ3n) is 2.91. The number of anilines is 1. The average molecular weight is 329 g/mol. The molecule has 0 unspecified atom stereocenters. The standard InChI is InChI=1S/C15H12Cl3NO/c1-8-3-4-9(2)12(7-8)19-15(20)13-10(16)5-6-11(17)14(13)18/h3-7H,1-2H3,(H,19,20). The minimum absolute atomic E-state index is 0.155. The van der Waals surface area contributed by atoms with E-state index in [1.165, 1.54) is 0 Å². The van der Waals surface area contributed by atoms with Crippen molar-refractivity contribution in [2.75, 3.05) is 5.32 Å². The van der Waals surface area contributed by atoms with E-state index in [2.05, 4.69) is 5.32 Å². The second-order valence-electron chi connectivity index (χ2n) is 4.49. The van der Waals surface area contributed by atoms with E-state index in [-0.39, 0.29) is 21.5 Å². The smallest absolute Gasteiger partial charge is 0.258 e. The highest BCUT2D eigenvalue weighted by Crippen LogP contribution is 2.32. The fourth-order valence-electron chi connectivity index (χ4n) is 1.79. The van der Waals surface area contributed by atoms with Crippen molar-refractivity contribution in [3.8, 4) is 0 Å². The van der Waals surface area contributed by atoms with Crippen LogP contribution in [0.3, 0.4) is 0 Å². The molecule has 0 saturated heterocycles. The maximum atomic E-state index is 12.3. The molecule has 0 bridgehead atoms. The number of carbonyl (C=O) groups is 1. The molecule has 20 heavy (non-hydrogen) atoms. The second-order valence-corrected chi connectivity index (χ2v) is 5.68. The topological polar surface area (TPSA) is 29.1 Å². The molecule has 0 aliphatic carbocycles. The molecule has 2 nitrogen and oxygen atoms in total. The van der Waals surface area contributed by atoms with E-state index in [1.54, 1.807) is 12.1 Å². The highest BCUT2D eigenvalue weighted by atomic mass is 35.5. The Hall–Kier alpha value is -1.22. The van der Waals surface area contributed by atoms with Gasteiger partial charge >= 0.3 is 0 Å². The second kappa shape index (κ2) is 6.04. The lowest BCUT2D eigenvalue weighted by Crippen LogP contribution is -2.14. The quantitative estimate of drug-likeness (QED) is 0.723. The summed E-state index contributed by atoms with van der Waals surface area (Å²) in [7, 11) is 0. The van der Waals surface area contributed by atoms with Gasteiger partial charge in [0.05, 0.1) is 20.6 Å². The van der Waals surface area contributed by atoms with Gasteiger partial charge in [0, 0.05) is 5.69 Å². The maximum Gasteiger partial charge on any atom is 0.258 e. The zero-order valence-electron chi connectivity index (χ0n) is 10.9. The van der Waals surface area contributed by atoms with Crippen molar-refractivity contribution in [2.24, 2.45) is 0 Å². The molecule has 0 saturated carbocycles. The number of hydrogen-bond acceptors (Lipinski definition) is 1. The van der Waals surface area contributed by atoms with Crippen molar-refractivity contribution >= 4 is 46.4 Å². The van der Waals surface area contributed by atoms with E-state index in [9.17, 15) is 4.79 Å². The lowest BCUT2D eigenvalue weighted by molar-refractivity contribution is 0.102. The van der Waals surface area contributed by atoms with Crippen LogP contribution in [0.5, 0.6) is 0 Å². The van der Waals surface area contributed by atoms with Crippen LogP contribution in [0.15, 0.2) is 30.3 Å². The summed E-state index contributed by atoms with van der Waals surface area (Å²) >= 11 is 18.0. The highest BCUT2D eigenvalue weighted by Gasteiger charge is 2.18. The largest absolute Gasteiger partial charge is 0.322 e. The van der Waals surface area contributed by atoms with Crippen molar-refractivity contribution in [3.05, 3.63) is 62.1 Å². The summed E-state index contributed by atoms with van der Waals surface area (Å²) in [5.41, 5.74) is 2.91. The molecular formula is C15H12Cl3NO. The normalized spacial score (nSPS) is 10.4. The van der Waals surface area contributed by atoms with E-state index < -0.39 is 0 Å². The third kappa shape index (κ3) is 3.09. The van der Waals surface area contributed by atoms with Crippen LogP contribution >= 0.6 is 34.8 Å². The molecule has 0 fully saturated rings. The number of nitrogens with one attached hydrogen (secondary N) is 1. The molecule has 104 valence electrons. The first-order valence-electron chi connectivity index (χ1n) is 5.92. The van der Waals surface area contributed by atoms with E-state index in [1.807, 2.05) is 32.0 Å². The van der Waals surface area contributed by atoms with Crippen LogP contribution in [0.4, 0.5) is 5.69 Å². The van der Waals surface area contributed by atoms with Gasteiger partial charge in [-0.15, -0.1) is 0 Å². The predicted molar refractivity (Wildman–Crippen MR) is 85.3 cm³/mol. The molecule has 2 aromatic rings. The fourth-order valence-corrected chi connectivity index (χ4v) is 2.49. The van der Waals surface area contributed by atoms with Crippen molar-refractivity contribution < 1.29 is 4.79 Å². The molecule has 0 aliphatic heterocycles. The van der Waals surface area contributed by atoms with E-state index in [0.29, 0.717) is 5.02 Å². The summed E-state index contributed by atoms with van der Waals surface area (Å²) < 4.78 is 0. The molecule has 0 aromatic heterocycles. The molecular weight excluding hydrogens is 317 g/mol. The van der Waals surface area contributed by atoms with Gasteiger partial charge in [0.1, 0.15) is 0 Å². The molecule has 1 amide bonds. The van der Waals surface area contributed by atoms with Crippen molar-refractivity contribution in [2.45, 2.75) is 13.8 Å². The molecule has 5 heteroatoms. The van der Waals surface area contributed by atoms with Crippen LogP contribution in [0.2, 0.25) is 15.1 Å². The number of carbonyl (C=O) groups excluding carboxylic acids is 1. The monoisotopic (exact) mass is 327 g/mol. The van der Waals surface area contributed by atoms with E-state index in [4.69, 9.17) is 34.8 Å². The number of halogens is 3. The lowest BCUT2D eigenvalue weighted by Gasteiger charge is -2.12. The Balaban J connectivity index is 2.38. The zero-order chi connectivity index (χ0) is 14.9. The highest BCUT2D eigenvalue weighted by molar-refractivity contribution is 6.46. The minimum atomic E-state index is -0.379. The Kier molecular flexibility index (Phi) is 4.59. The molecule has 2 aromatic carbocycles. The molecule has 1 N–H and O–H groups in total. The zero-order valence-corrected chi connectivity index (χ0v) is 13.2. The van der Waals surface area contributed by atoms with Crippen LogP contribution in [0.1, 0.15) is 21.5 Å². The molecule has 0 atom stereocenters.